The van der Waals surface area contributed by atoms with Gasteiger partial charge in [0.25, 0.3) is 15.9 Å². The van der Waals surface area contributed by atoms with Gasteiger partial charge in [-0.3, -0.25) is 4.79 Å². The molecule has 3 aromatic carbocycles. The Bertz CT molecular complexity index is 1360. The second-order valence-corrected chi connectivity index (χ2v) is 8.90. The number of anilines is 2. The van der Waals surface area contributed by atoms with Crippen LogP contribution in [0.15, 0.2) is 90.1 Å². The van der Waals surface area contributed by atoms with E-state index >= 15 is 0 Å². The molecular formula is C24H22N4O4S. The molecule has 33 heavy (non-hydrogen) atoms. The first-order valence-electron chi connectivity index (χ1n) is 10.3. The largest absolute Gasteiger partial charge is 0.481 e. The topological polar surface area (TPSA) is 110 Å². The third-order valence-electron chi connectivity index (χ3n) is 4.89. The molecule has 168 valence electrons. The Morgan fingerprint density at radius 3 is 2.33 bits per heavy atom. The third kappa shape index (κ3) is 5.45. The number of ether oxygens (including phenoxy) is 1. The normalized spacial score (nSPS) is 12.2. The number of sulfonamides is 1. The minimum absolute atomic E-state index is 0.0207. The molecule has 9 heteroatoms. The molecule has 0 unspecified atom stereocenters. The van der Waals surface area contributed by atoms with Gasteiger partial charge in [-0.2, -0.15) is 0 Å². The molecule has 0 aliphatic rings. The summed E-state index contributed by atoms with van der Waals surface area (Å²) in [4.78, 5) is 20.5. The van der Waals surface area contributed by atoms with Crippen molar-refractivity contribution in [3.05, 3.63) is 85.2 Å². The predicted octanol–water partition coefficient (Wildman–Crippen LogP) is 4.23. The molecule has 1 heterocycles. The van der Waals surface area contributed by atoms with Gasteiger partial charge in [0.2, 0.25) is 5.95 Å². The van der Waals surface area contributed by atoms with Crippen LogP contribution in [0.3, 0.4) is 0 Å². The van der Waals surface area contributed by atoms with Gasteiger partial charge in [-0.05, 0) is 59.7 Å². The fourth-order valence-electron chi connectivity index (χ4n) is 3.20. The Morgan fingerprint density at radius 2 is 1.64 bits per heavy atom. The van der Waals surface area contributed by atoms with Crippen LogP contribution < -0.4 is 14.8 Å². The smallest absolute Gasteiger partial charge is 0.265 e. The summed E-state index contributed by atoms with van der Waals surface area (Å²) in [6.45, 7) is 1.86. The second kappa shape index (κ2) is 9.66. The molecule has 1 aromatic heterocycles. The predicted molar refractivity (Wildman–Crippen MR) is 127 cm³/mol. The SMILES string of the molecule is CC[C@@H](Oc1ccc2ccccc2c1)C(=O)Nc1ccc(S(=O)(=O)Nc2ncccn2)cc1. The summed E-state index contributed by atoms with van der Waals surface area (Å²) < 4.78 is 33.2. The minimum atomic E-state index is -3.85. The number of carbonyl (C=O) groups is 1. The summed E-state index contributed by atoms with van der Waals surface area (Å²) in [5, 5.41) is 4.89. The molecule has 1 amide bonds. The number of rotatable bonds is 8. The van der Waals surface area contributed by atoms with Gasteiger partial charge in [-0.25, -0.2) is 23.1 Å². The number of fused-ring (bicyclic) bond motifs is 1. The number of amides is 1. The number of hydrogen-bond acceptors (Lipinski definition) is 6. The fraction of sp³-hybridized carbons (Fsp3) is 0.125. The number of carbonyl (C=O) groups excluding carboxylic acids is 1. The van der Waals surface area contributed by atoms with E-state index in [1.165, 1.54) is 36.7 Å². The van der Waals surface area contributed by atoms with Gasteiger partial charge in [0, 0.05) is 18.1 Å². The van der Waals surface area contributed by atoms with Gasteiger partial charge in [0.05, 0.1) is 4.90 Å². The monoisotopic (exact) mass is 462 g/mol. The van der Waals surface area contributed by atoms with Crippen molar-refractivity contribution in [1.29, 1.82) is 0 Å². The maximum absolute atomic E-state index is 12.8. The Labute approximate surface area is 191 Å². The van der Waals surface area contributed by atoms with Crippen LogP contribution in [0.4, 0.5) is 11.6 Å². The molecule has 0 saturated heterocycles. The fourth-order valence-corrected chi connectivity index (χ4v) is 4.16. The van der Waals surface area contributed by atoms with E-state index in [1.54, 1.807) is 6.07 Å². The van der Waals surface area contributed by atoms with Crippen molar-refractivity contribution in [3.63, 3.8) is 0 Å². The highest BCUT2D eigenvalue weighted by Crippen LogP contribution is 2.23. The van der Waals surface area contributed by atoms with Crippen LogP contribution in [0.5, 0.6) is 5.75 Å². The molecule has 0 saturated carbocycles. The summed E-state index contributed by atoms with van der Waals surface area (Å²) in [6, 6.07) is 21.0. The van der Waals surface area contributed by atoms with Crippen molar-refractivity contribution in [2.75, 3.05) is 10.0 Å². The number of aromatic nitrogens is 2. The number of benzene rings is 3. The molecular weight excluding hydrogens is 440 g/mol. The zero-order valence-corrected chi connectivity index (χ0v) is 18.6. The quantitative estimate of drug-likeness (QED) is 0.406. The van der Waals surface area contributed by atoms with Crippen LogP contribution in [-0.4, -0.2) is 30.4 Å². The zero-order chi connectivity index (χ0) is 23.3. The standard InChI is InChI=1S/C24H22N4O4S/c1-2-22(32-20-11-8-17-6-3-4-7-18(17)16-20)23(29)27-19-9-12-21(13-10-19)33(30,31)28-24-25-14-5-15-26-24/h3-16,22H,2H2,1H3,(H,27,29)(H,25,26,28)/t22-/m1/s1. The van der Waals surface area contributed by atoms with Crippen LogP contribution in [0, 0.1) is 0 Å². The first-order valence-corrected chi connectivity index (χ1v) is 11.8. The lowest BCUT2D eigenvalue weighted by molar-refractivity contribution is -0.122. The Kier molecular flexibility index (Phi) is 6.50. The number of hydrogen-bond donors (Lipinski definition) is 2. The maximum atomic E-state index is 12.8. The van der Waals surface area contributed by atoms with Gasteiger partial charge in [-0.15, -0.1) is 0 Å². The van der Waals surface area contributed by atoms with Crippen molar-refractivity contribution in [3.8, 4) is 5.75 Å². The lowest BCUT2D eigenvalue weighted by Gasteiger charge is -2.18. The summed E-state index contributed by atoms with van der Waals surface area (Å²) >= 11 is 0. The average Bonchev–Trinajstić information content (AvgIpc) is 2.83. The lowest BCUT2D eigenvalue weighted by atomic mass is 10.1. The van der Waals surface area contributed by atoms with Crippen molar-refractivity contribution >= 4 is 38.3 Å². The van der Waals surface area contributed by atoms with E-state index < -0.39 is 16.1 Å². The van der Waals surface area contributed by atoms with Crippen molar-refractivity contribution in [1.82, 2.24) is 9.97 Å². The van der Waals surface area contributed by atoms with Crippen LogP contribution in [0.1, 0.15) is 13.3 Å². The Morgan fingerprint density at radius 1 is 0.939 bits per heavy atom. The van der Waals surface area contributed by atoms with Crippen LogP contribution in [0.25, 0.3) is 10.8 Å². The van der Waals surface area contributed by atoms with Crippen LogP contribution >= 0.6 is 0 Å². The molecule has 4 rings (SSSR count). The molecule has 0 aliphatic carbocycles. The molecule has 4 aromatic rings. The lowest BCUT2D eigenvalue weighted by Crippen LogP contribution is -2.32. The van der Waals surface area contributed by atoms with Gasteiger partial charge in [-0.1, -0.05) is 37.3 Å². The molecule has 0 fully saturated rings. The molecule has 8 nitrogen and oxygen atoms in total. The Hall–Kier alpha value is -3.98. The van der Waals surface area contributed by atoms with E-state index in [9.17, 15) is 13.2 Å². The summed E-state index contributed by atoms with van der Waals surface area (Å²) in [5.41, 5.74) is 0.454. The highest BCUT2D eigenvalue weighted by atomic mass is 32.2. The highest BCUT2D eigenvalue weighted by Gasteiger charge is 2.20. The van der Waals surface area contributed by atoms with E-state index in [4.69, 9.17) is 4.74 Å². The molecule has 2 N–H and O–H groups in total. The van der Waals surface area contributed by atoms with Gasteiger partial charge >= 0.3 is 0 Å². The first kappa shape index (κ1) is 22.2. The van der Waals surface area contributed by atoms with Crippen LogP contribution in [-0.2, 0) is 14.8 Å². The van der Waals surface area contributed by atoms with E-state index in [2.05, 4.69) is 20.0 Å². The van der Waals surface area contributed by atoms with Crippen molar-refractivity contribution in [2.24, 2.45) is 0 Å². The molecule has 0 bridgehead atoms. The van der Waals surface area contributed by atoms with Gasteiger partial charge in [0.15, 0.2) is 6.10 Å². The minimum Gasteiger partial charge on any atom is -0.481 e. The van der Waals surface area contributed by atoms with Crippen molar-refractivity contribution < 1.29 is 17.9 Å². The molecule has 0 spiro atoms. The maximum Gasteiger partial charge on any atom is 0.265 e. The van der Waals surface area contributed by atoms with E-state index in [-0.39, 0.29) is 16.8 Å². The van der Waals surface area contributed by atoms with Gasteiger partial charge in [0.1, 0.15) is 5.75 Å². The highest BCUT2D eigenvalue weighted by molar-refractivity contribution is 7.92. The zero-order valence-electron chi connectivity index (χ0n) is 17.8. The van der Waals surface area contributed by atoms with E-state index in [0.29, 0.717) is 17.9 Å². The summed E-state index contributed by atoms with van der Waals surface area (Å²) in [6.07, 6.45) is 2.64. The Balaban J connectivity index is 1.42. The van der Waals surface area contributed by atoms with E-state index in [1.807, 2.05) is 49.4 Å². The molecule has 1 atom stereocenters. The number of nitrogens with zero attached hydrogens (tertiary/aromatic N) is 2. The second-order valence-electron chi connectivity index (χ2n) is 7.22. The van der Waals surface area contributed by atoms with E-state index in [0.717, 1.165) is 10.8 Å². The number of nitrogens with one attached hydrogen (secondary N) is 2. The first-order chi connectivity index (χ1) is 15.9. The van der Waals surface area contributed by atoms with Crippen molar-refractivity contribution in [2.45, 2.75) is 24.3 Å². The average molecular weight is 463 g/mol. The summed E-state index contributed by atoms with van der Waals surface area (Å²) in [7, 11) is -3.85. The molecule has 0 radical (unpaired) electrons. The molecule has 0 aliphatic heterocycles. The van der Waals surface area contributed by atoms with Gasteiger partial charge < -0.3 is 10.1 Å². The summed E-state index contributed by atoms with van der Waals surface area (Å²) in [5.74, 6) is 0.259. The van der Waals surface area contributed by atoms with Crippen LogP contribution in [0.2, 0.25) is 0 Å². The third-order valence-corrected chi connectivity index (χ3v) is 6.23.